The standard InChI is InChI=1S/C22H29BN8O4/c1-14(20(33)22(34)28-15-3-4-17(18(23)11-15)21(26)27-2)35-10-9-30(13-32)19-6-8-31(29-19)16(12-25)5-7-24/h3-8,11-14,20-21,24-25,27,33H,9-10,26H2,1-2H3,(H,28,34)/b16-5+,24-7?,25-12?. The first-order valence-electron chi connectivity index (χ1n) is 10.7. The monoisotopic (exact) mass is 480 g/mol. The van der Waals surface area contributed by atoms with Crippen LogP contribution in [-0.2, 0) is 14.3 Å². The number of carbonyl (C=O) groups excluding carboxylic acids is 2. The van der Waals surface area contributed by atoms with E-state index in [1.165, 1.54) is 22.6 Å². The molecule has 1 heterocycles. The number of hydrogen-bond donors (Lipinski definition) is 6. The van der Waals surface area contributed by atoms with Gasteiger partial charge in [-0.2, -0.15) is 0 Å². The minimum Gasteiger partial charge on any atom is -0.381 e. The molecule has 13 heteroatoms. The van der Waals surface area contributed by atoms with Crippen LogP contribution in [0.1, 0.15) is 18.7 Å². The van der Waals surface area contributed by atoms with Crippen molar-refractivity contribution in [2.45, 2.75) is 25.3 Å². The second kappa shape index (κ2) is 13.3. The van der Waals surface area contributed by atoms with Gasteiger partial charge in [-0.05, 0) is 37.7 Å². The molecule has 12 nitrogen and oxygen atoms in total. The Morgan fingerprint density at radius 1 is 1.40 bits per heavy atom. The number of nitrogens with zero attached hydrogens (tertiary/aromatic N) is 3. The van der Waals surface area contributed by atoms with Crippen molar-refractivity contribution < 1.29 is 19.4 Å². The van der Waals surface area contributed by atoms with Crippen LogP contribution in [0.5, 0.6) is 0 Å². The first-order chi connectivity index (χ1) is 16.7. The van der Waals surface area contributed by atoms with Crippen LogP contribution in [0.2, 0.25) is 0 Å². The average Bonchev–Trinajstić information content (AvgIpc) is 3.33. The summed E-state index contributed by atoms with van der Waals surface area (Å²) < 4.78 is 6.90. The molecular formula is C22H29BN8O4. The second-order valence-electron chi connectivity index (χ2n) is 7.44. The van der Waals surface area contributed by atoms with Crippen LogP contribution in [0.3, 0.4) is 0 Å². The van der Waals surface area contributed by atoms with Crippen LogP contribution in [0, 0.1) is 10.8 Å². The lowest BCUT2D eigenvalue weighted by atomic mass is 9.88. The van der Waals surface area contributed by atoms with E-state index in [-0.39, 0.29) is 13.2 Å². The van der Waals surface area contributed by atoms with Gasteiger partial charge in [0.05, 0.1) is 31.1 Å². The predicted octanol–water partition coefficient (Wildman–Crippen LogP) is -0.639. The lowest BCUT2D eigenvalue weighted by Gasteiger charge is -2.21. The Hall–Kier alpha value is -3.65. The molecule has 0 aliphatic rings. The number of nitrogens with two attached hydrogens (primary N) is 1. The van der Waals surface area contributed by atoms with E-state index in [1.807, 2.05) is 0 Å². The highest BCUT2D eigenvalue weighted by molar-refractivity contribution is 6.33. The van der Waals surface area contributed by atoms with E-state index in [2.05, 4.69) is 15.7 Å². The van der Waals surface area contributed by atoms with Gasteiger partial charge in [0, 0.05) is 30.4 Å². The summed E-state index contributed by atoms with van der Waals surface area (Å²) in [7, 11) is 7.68. The Bertz CT molecular complexity index is 1070. The minimum atomic E-state index is -1.47. The molecule has 7 N–H and O–H groups in total. The van der Waals surface area contributed by atoms with Crippen molar-refractivity contribution in [3.63, 3.8) is 0 Å². The Kier molecular flexibility index (Phi) is 10.5. The van der Waals surface area contributed by atoms with Gasteiger partial charge in [-0.1, -0.05) is 11.5 Å². The molecule has 0 saturated heterocycles. The third kappa shape index (κ3) is 7.42. The van der Waals surface area contributed by atoms with E-state index in [1.54, 1.807) is 37.5 Å². The third-order valence-corrected chi connectivity index (χ3v) is 5.09. The number of nitrogens with one attached hydrogen (secondary N) is 4. The molecule has 0 aliphatic heterocycles. The molecule has 3 atom stereocenters. The first-order valence-corrected chi connectivity index (χ1v) is 10.7. The summed E-state index contributed by atoms with van der Waals surface area (Å²) in [5.41, 5.74) is 7.70. The number of carbonyl (C=O) groups is 2. The molecule has 0 spiro atoms. The van der Waals surface area contributed by atoms with E-state index >= 15 is 0 Å². The van der Waals surface area contributed by atoms with Crippen LogP contribution in [-0.4, -0.2) is 79.9 Å². The number of amides is 2. The number of aromatic nitrogens is 2. The summed E-state index contributed by atoms with van der Waals surface area (Å²) in [6.45, 7) is 1.66. The van der Waals surface area contributed by atoms with Gasteiger partial charge in [0.2, 0.25) is 6.41 Å². The summed E-state index contributed by atoms with van der Waals surface area (Å²) in [5.74, 6) is -0.364. The third-order valence-electron chi connectivity index (χ3n) is 5.09. The number of ether oxygens (including phenoxy) is 1. The van der Waals surface area contributed by atoms with Crippen LogP contribution in [0.25, 0.3) is 5.70 Å². The average molecular weight is 480 g/mol. The van der Waals surface area contributed by atoms with Gasteiger partial charge in [-0.15, -0.1) is 5.10 Å². The number of aliphatic hydroxyl groups excluding tert-OH is 1. The van der Waals surface area contributed by atoms with Crippen molar-refractivity contribution in [3.8, 4) is 0 Å². The van der Waals surface area contributed by atoms with Crippen LogP contribution in [0.15, 0.2) is 36.5 Å². The number of aliphatic hydroxyl groups is 1. The molecule has 2 aromatic rings. The van der Waals surface area contributed by atoms with Gasteiger partial charge in [0.15, 0.2) is 11.9 Å². The number of hydrogen-bond acceptors (Lipinski definition) is 9. The minimum absolute atomic E-state index is 0.0222. The zero-order chi connectivity index (χ0) is 26.0. The highest BCUT2D eigenvalue weighted by atomic mass is 16.5. The van der Waals surface area contributed by atoms with Crippen molar-refractivity contribution in [2.75, 3.05) is 30.4 Å². The highest BCUT2D eigenvalue weighted by Crippen LogP contribution is 2.13. The fourth-order valence-electron chi connectivity index (χ4n) is 3.06. The summed E-state index contributed by atoms with van der Waals surface area (Å²) in [4.78, 5) is 25.2. The Morgan fingerprint density at radius 3 is 2.74 bits per heavy atom. The molecule has 2 radical (unpaired) electrons. The predicted molar refractivity (Wildman–Crippen MR) is 135 cm³/mol. The maximum Gasteiger partial charge on any atom is 0.255 e. The van der Waals surface area contributed by atoms with E-state index in [4.69, 9.17) is 29.1 Å². The molecule has 1 aromatic carbocycles. The SMILES string of the molecule is [B]c1cc(NC(=O)C(O)C(C)OCCN(C=O)c2ccn(/C(C=N)=C/C=N)n2)ccc1C(N)NC. The summed E-state index contributed by atoms with van der Waals surface area (Å²) in [6.07, 6.45) is 2.78. The van der Waals surface area contributed by atoms with Gasteiger partial charge in [-0.25, -0.2) is 4.68 Å². The number of rotatable bonds is 14. The first kappa shape index (κ1) is 27.6. The lowest BCUT2D eigenvalue weighted by Crippen LogP contribution is -2.39. The molecular weight excluding hydrogens is 451 g/mol. The molecule has 2 amide bonds. The number of benzene rings is 1. The highest BCUT2D eigenvalue weighted by Gasteiger charge is 2.24. The molecule has 0 saturated carbocycles. The largest absolute Gasteiger partial charge is 0.381 e. The van der Waals surface area contributed by atoms with Crippen molar-refractivity contribution in [2.24, 2.45) is 5.73 Å². The Labute approximate surface area is 204 Å². The number of allylic oxidation sites excluding steroid dienone is 2. The summed E-state index contributed by atoms with van der Waals surface area (Å²) in [6, 6.07) is 6.42. The fraction of sp³-hybridized carbons (Fsp3) is 0.318. The van der Waals surface area contributed by atoms with Crippen molar-refractivity contribution in [1.29, 1.82) is 10.8 Å². The molecule has 184 valence electrons. The van der Waals surface area contributed by atoms with Gasteiger partial charge in [0.25, 0.3) is 5.91 Å². The van der Waals surface area contributed by atoms with Crippen LogP contribution in [0.4, 0.5) is 11.5 Å². The van der Waals surface area contributed by atoms with Gasteiger partial charge < -0.3 is 37.0 Å². The summed E-state index contributed by atoms with van der Waals surface area (Å²) >= 11 is 0. The van der Waals surface area contributed by atoms with Crippen LogP contribution < -0.4 is 26.7 Å². The number of anilines is 2. The van der Waals surface area contributed by atoms with Crippen molar-refractivity contribution >= 4 is 55.3 Å². The quantitative estimate of drug-likeness (QED) is 0.0900. The van der Waals surface area contributed by atoms with Crippen molar-refractivity contribution in [1.82, 2.24) is 15.1 Å². The Morgan fingerprint density at radius 2 is 2.14 bits per heavy atom. The molecule has 0 bridgehead atoms. The van der Waals surface area contributed by atoms with Gasteiger partial charge in [-0.3, -0.25) is 14.5 Å². The normalized spacial score (nSPS) is 14.0. The Balaban J connectivity index is 1.91. The lowest BCUT2D eigenvalue weighted by molar-refractivity contribution is -0.131. The molecule has 2 rings (SSSR count). The maximum atomic E-state index is 12.4. The molecule has 1 aromatic heterocycles. The van der Waals surface area contributed by atoms with E-state index < -0.39 is 24.3 Å². The van der Waals surface area contributed by atoms with Gasteiger partial charge in [0.1, 0.15) is 7.85 Å². The summed E-state index contributed by atoms with van der Waals surface area (Å²) in [5, 5.41) is 34.5. The zero-order valence-electron chi connectivity index (χ0n) is 19.5. The van der Waals surface area contributed by atoms with E-state index in [9.17, 15) is 14.7 Å². The van der Waals surface area contributed by atoms with Crippen molar-refractivity contribution in [3.05, 3.63) is 42.1 Å². The maximum absolute atomic E-state index is 12.4. The topological polar surface area (TPSA) is 182 Å². The zero-order valence-corrected chi connectivity index (χ0v) is 19.5. The van der Waals surface area contributed by atoms with E-state index in [0.717, 1.165) is 12.4 Å². The second-order valence-corrected chi connectivity index (χ2v) is 7.44. The van der Waals surface area contributed by atoms with Gasteiger partial charge >= 0.3 is 0 Å². The molecule has 0 fully saturated rings. The molecule has 0 aliphatic carbocycles. The van der Waals surface area contributed by atoms with Crippen LogP contribution >= 0.6 is 0 Å². The fourth-order valence-corrected chi connectivity index (χ4v) is 3.06. The smallest absolute Gasteiger partial charge is 0.255 e. The molecule has 3 unspecified atom stereocenters. The van der Waals surface area contributed by atoms with E-state index in [0.29, 0.717) is 34.6 Å². The molecule has 35 heavy (non-hydrogen) atoms.